The van der Waals surface area contributed by atoms with Gasteiger partial charge in [-0.15, -0.1) is 0 Å². The second-order valence-corrected chi connectivity index (χ2v) is 7.58. The lowest BCUT2D eigenvalue weighted by molar-refractivity contribution is -0.121. The lowest BCUT2D eigenvalue weighted by Gasteiger charge is -2.20. The van der Waals surface area contributed by atoms with Gasteiger partial charge in [0.15, 0.2) is 0 Å². The van der Waals surface area contributed by atoms with Gasteiger partial charge in [-0.25, -0.2) is 0 Å². The standard InChI is InChI=1S/C21H28N2O3/c1-15-9-10-17-18(13-15)21(26)23(20(17)25)12-11-19(24)22-14-16-7-5-3-2-4-6-8-16/h9-10,13,16H,2-8,11-12,14H2,1H3,(H,22,24). The SMILES string of the molecule is Cc1ccc2c(c1)C(=O)N(CCC(=O)NCC1CCCCCCC1)C2=O. The van der Waals surface area contributed by atoms with Gasteiger partial charge in [-0.1, -0.05) is 43.7 Å². The largest absolute Gasteiger partial charge is 0.356 e. The molecular formula is C21H28N2O3. The molecule has 0 spiro atoms. The summed E-state index contributed by atoms with van der Waals surface area (Å²) in [5, 5.41) is 3.00. The van der Waals surface area contributed by atoms with E-state index in [1.807, 2.05) is 13.0 Å². The van der Waals surface area contributed by atoms with Gasteiger partial charge in [0.05, 0.1) is 11.1 Å². The van der Waals surface area contributed by atoms with Gasteiger partial charge in [0.25, 0.3) is 11.8 Å². The highest BCUT2D eigenvalue weighted by Gasteiger charge is 2.35. The second-order valence-electron chi connectivity index (χ2n) is 7.58. The highest BCUT2D eigenvalue weighted by atomic mass is 16.2. The van der Waals surface area contributed by atoms with Crippen molar-refractivity contribution in [2.75, 3.05) is 13.1 Å². The van der Waals surface area contributed by atoms with Gasteiger partial charge in [0.2, 0.25) is 5.91 Å². The summed E-state index contributed by atoms with van der Waals surface area (Å²) in [6, 6.07) is 5.26. The highest BCUT2D eigenvalue weighted by Crippen LogP contribution is 2.24. The quantitative estimate of drug-likeness (QED) is 0.822. The van der Waals surface area contributed by atoms with Crippen LogP contribution in [0.2, 0.25) is 0 Å². The number of nitrogens with one attached hydrogen (secondary N) is 1. The van der Waals surface area contributed by atoms with Crippen molar-refractivity contribution in [2.24, 2.45) is 5.92 Å². The molecule has 2 aliphatic rings. The third-order valence-corrected chi connectivity index (χ3v) is 5.50. The van der Waals surface area contributed by atoms with Crippen LogP contribution >= 0.6 is 0 Å². The molecule has 3 amide bonds. The fourth-order valence-corrected chi connectivity index (χ4v) is 3.91. The second kappa shape index (κ2) is 8.47. The van der Waals surface area contributed by atoms with E-state index in [2.05, 4.69) is 5.32 Å². The van der Waals surface area contributed by atoms with E-state index >= 15 is 0 Å². The van der Waals surface area contributed by atoms with Gasteiger partial charge >= 0.3 is 0 Å². The van der Waals surface area contributed by atoms with E-state index in [1.165, 1.54) is 49.8 Å². The van der Waals surface area contributed by atoms with Crippen LogP contribution in [0, 0.1) is 12.8 Å². The number of imide groups is 1. The Balaban J connectivity index is 1.47. The molecule has 0 atom stereocenters. The van der Waals surface area contributed by atoms with Crippen LogP contribution in [0.5, 0.6) is 0 Å². The van der Waals surface area contributed by atoms with Gasteiger partial charge in [-0.2, -0.15) is 0 Å². The maximum absolute atomic E-state index is 12.4. The first-order valence-electron chi connectivity index (χ1n) is 9.80. The Morgan fingerprint density at radius 3 is 2.42 bits per heavy atom. The van der Waals surface area contributed by atoms with Crippen LogP contribution in [0.3, 0.4) is 0 Å². The van der Waals surface area contributed by atoms with Crippen LogP contribution in [0.25, 0.3) is 0 Å². The number of amides is 3. The normalized spacial score (nSPS) is 18.4. The van der Waals surface area contributed by atoms with Crippen LogP contribution < -0.4 is 5.32 Å². The van der Waals surface area contributed by atoms with Crippen molar-refractivity contribution in [3.8, 4) is 0 Å². The van der Waals surface area contributed by atoms with Crippen LogP contribution in [-0.4, -0.2) is 35.7 Å². The van der Waals surface area contributed by atoms with E-state index in [9.17, 15) is 14.4 Å². The van der Waals surface area contributed by atoms with E-state index < -0.39 is 0 Å². The van der Waals surface area contributed by atoms with E-state index in [0.717, 1.165) is 5.56 Å². The number of nitrogens with zero attached hydrogens (tertiary/aromatic N) is 1. The maximum atomic E-state index is 12.4. The number of benzene rings is 1. The van der Waals surface area contributed by atoms with Crippen LogP contribution in [0.15, 0.2) is 18.2 Å². The molecule has 5 heteroatoms. The van der Waals surface area contributed by atoms with Crippen molar-refractivity contribution in [1.29, 1.82) is 0 Å². The lowest BCUT2D eigenvalue weighted by atomic mass is 9.91. The lowest BCUT2D eigenvalue weighted by Crippen LogP contribution is -2.36. The van der Waals surface area contributed by atoms with Crippen molar-refractivity contribution in [3.63, 3.8) is 0 Å². The third kappa shape index (κ3) is 4.32. The number of hydrogen-bond donors (Lipinski definition) is 1. The Bertz CT molecular complexity index is 690. The molecule has 0 saturated heterocycles. The fraction of sp³-hybridized carbons (Fsp3) is 0.571. The summed E-state index contributed by atoms with van der Waals surface area (Å²) in [7, 11) is 0. The van der Waals surface area contributed by atoms with Gasteiger partial charge in [0.1, 0.15) is 0 Å². The molecule has 26 heavy (non-hydrogen) atoms. The summed E-state index contributed by atoms with van der Waals surface area (Å²) in [5.41, 5.74) is 1.84. The Labute approximate surface area is 155 Å². The number of carbonyl (C=O) groups excluding carboxylic acids is 3. The van der Waals surface area contributed by atoms with E-state index in [-0.39, 0.29) is 30.7 Å². The first-order valence-corrected chi connectivity index (χ1v) is 9.80. The summed E-state index contributed by atoms with van der Waals surface area (Å²) in [6.45, 7) is 2.74. The molecule has 1 aromatic carbocycles. The molecule has 1 aliphatic heterocycles. The minimum absolute atomic E-state index is 0.0835. The molecule has 1 heterocycles. The predicted molar refractivity (Wildman–Crippen MR) is 100.0 cm³/mol. The zero-order valence-corrected chi connectivity index (χ0v) is 15.6. The number of fused-ring (bicyclic) bond motifs is 1. The molecule has 3 rings (SSSR count). The number of carbonyl (C=O) groups is 3. The molecule has 1 saturated carbocycles. The molecule has 1 aromatic rings. The molecule has 140 valence electrons. The van der Waals surface area contributed by atoms with Crippen molar-refractivity contribution in [3.05, 3.63) is 34.9 Å². The van der Waals surface area contributed by atoms with Crippen LogP contribution in [-0.2, 0) is 4.79 Å². The summed E-state index contributed by atoms with van der Waals surface area (Å²) in [4.78, 5) is 38.2. The summed E-state index contributed by atoms with van der Waals surface area (Å²) in [5.74, 6) is -0.110. The van der Waals surface area contributed by atoms with E-state index in [1.54, 1.807) is 12.1 Å². The Morgan fingerprint density at radius 1 is 1.04 bits per heavy atom. The van der Waals surface area contributed by atoms with Crippen molar-refractivity contribution >= 4 is 17.7 Å². The monoisotopic (exact) mass is 356 g/mol. The Hall–Kier alpha value is -2.17. The van der Waals surface area contributed by atoms with Gasteiger partial charge < -0.3 is 5.32 Å². The molecule has 1 aliphatic carbocycles. The number of hydrogen-bond acceptors (Lipinski definition) is 3. The van der Waals surface area contributed by atoms with E-state index in [4.69, 9.17) is 0 Å². The first kappa shape index (κ1) is 18.6. The Kier molecular flexibility index (Phi) is 6.07. The first-order chi connectivity index (χ1) is 12.6. The summed E-state index contributed by atoms with van der Waals surface area (Å²) < 4.78 is 0. The topological polar surface area (TPSA) is 66.5 Å². The number of rotatable bonds is 5. The minimum atomic E-state index is -0.294. The third-order valence-electron chi connectivity index (χ3n) is 5.50. The fourth-order valence-electron chi connectivity index (χ4n) is 3.91. The zero-order valence-electron chi connectivity index (χ0n) is 15.6. The van der Waals surface area contributed by atoms with Crippen LogP contribution in [0.1, 0.15) is 77.6 Å². The smallest absolute Gasteiger partial charge is 0.261 e. The Morgan fingerprint density at radius 2 is 1.69 bits per heavy atom. The van der Waals surface area contributed by atoms with Crippen molar-refractivity contribution < 1.29 is 14.4 Å². The molecule has 0 aromatic heterocycles. The molecule has 1 fully saturated rings. The highest BCUT2D eigenvalue weighted by molar-refractivity contribution is 6.21. The molecular weight excluding hydrogens is 328 g/mol. The predicted octanol–water partition coefficient (Wildman–Crippen LogP) is 3.46. The summed E-state index contributed by atoms with van der Waals surface area (Å²) >= 11 is 0. The van der Waals surface area contributed by atoms with Gasteiger partial charge in [0, 0.05) is 19.5 Å². The van der Waals surface area contributed by atoms with E-state index in [0.29, 0.717) is 23.6 Å². The van der Waals surface area contributed by atoms with Gasteiger partial charge in [-0.3, -0.25) is 19.3 Å². The van der Waals surface area contributed by atoms with Crippen molar-refractivity contribution in [2.45, 2.75) is 58.3 Å². The summed E-state index contributed by atoms with van der Waals surface area (Å²) in [6.07, 6.45) is 8.93. The molecule has 0 radical (unpaired) electrons. The van der Waals surface area contributed by atoms with Crippen molar-refractivity contribution in [1.82, 2.24) is 10.2 Å². The maximum Gasteiger partial charge on any atom is 0.261 e. The average Bonchev–Trinajstić information content (AvgIpc) is 2.82. The van der Waals surface area contributed by atoms with Crippen LogP contribution in [0.4, 0.5) is 0 Å². The zero-order chi connectivity index (χ0) is 18.5. The molecule has 5 nitrogen and oxygen atoms in total. The average molecular weight is 356 g/mol. The molecule has 0 bridgehead atoms. The number of aryl methyl sites for hydroxylation is 1. The molecule has 1 N–H and O–H groups in total. The van der Waals surface area contributed by atoms with Gasteiger partial charge in [-0.05, 0) is 37.8 Å². The molecule has 0 unspecified atom stereocenters. The minimum Gasteiger partial charge on any atom is -0.356 e.